The topological polar surface area (TPSA) is 59.1 Å². The molecule has 38 heavy (non-hydrogen) atoms. The predicted molar refractivity (Wildman–Crippen MR) is 148 cm³/mol. The average Bonchev–Trinajstić information content (AvgIpc) is 2.88. The lowest BCUT2D eigenvalue weighted by Crippen LogP contribution is -2.48. The molecule has 1 fully saturated rings. The maximum absolute atomic E-state index is 13.2. The zero-order valence-electron chi connectivity index (χ0n) is 21.9. The highest BCUT2D eigenvalue weighted by Crippen LogP contribution is 2.22. The lowest BCUT2D eigenvalue weighted by molar-refractivity contribution is -0.147. The number of carbonyl (C=O) groups is 2. The molecular formula is C28H38Cl2F2N2O4. The van der Waals surface area contributed by atoms with E-state index in [1.165, 1.54) is 24.3 Å². The van der Waals surface area contributed by atoms with Crippen molar-refractivity contribution in [3.63, 3.8) is 0 Å². The van der Waals surface area contributed by atoms with Gasteiger partial charge in [-0.2, -0.15) is 0 Å². The third-order valence-electron chi connectivity index (χ3n) is 6.70. The fourth-order valence-corrected chi connectivity index (χ4v) is 4.46. The Morgan fingerprint density at radius 1 is 0.684 bits per heavy atom. The summed E-state index contributed by atoms with van der Waals surface area (Å²) in [5.41, 5.74) is 1.53. The zero-order chi connectivity index (χ0) is 25.9. The molecule has 6 nitrogen and oxygen atoms in total. The Balaban J connectivity index is 0.00000361. The quantitative estimate of drug-likeness (QED) is 0.325. The van der Waals surface area contributed by atoms with Gasteiger partial charge in [-0.25, -0.2) is 8.78 Å². The molecule has 1 aliphatic heterocycles. The molecule has 2 atom stereocenters. The van der Waals surface area contributed by atoms with Crippen molar-refractivity contribution < 1.29 is 27.8 Å². The average molecular weight is 576 g/mol. The van der Waals surface area contributed by atoms with E-state index in [9.17, 15) is 18.4 Å². The molecule has 1 heterocycles. The van der Waals surface area contributed by atoms with Gasteiger partial charge in [-0.3, -0.25) is 19.4 Å². The summed E-state index contributed by atoms with van der Waals surface area (Å²) in [7, 11) is 0. The van der Waals surface area contributed by atoms with Crippen LogP contribution in [0.4, 0.5) is 8.78 Å². The van der Waals surface area contributed by atoms with E-state index in [2.05, 4.69) is 9.80 Å². The third kappa shape index (κ3) is 10.1. The van der Waals surface area contributed by atoms with Crippen molar-refractivity contribution in [3.05, 3.63) is 71.3 Å². The summed E-state index contributed by atoms with van der Waals surface area (Å²) in [5, 5.41) is 0. The van der Waals surface area contributed by atoms with Gasteiger partial charge in [0.2, 0.25) is 0 Å². The Hall–Kier alpha value is -2.26. The minimum Gasteiger partial charge on any atom is -0.464 e. The number of benzene rings is 2. The smallest absolute Gasteiger partial charge is 0.313 e. The number of piperazine rings is 1. The highest BCUT2D eigenvalue weighted by molar-refractivity contribution is 5.85. The third-order valence-corrected chi connectivity index (χ3v) is 6.70. The molecule has 0 spiro atoms. The number of nitrogens with zero attached hydrogens (tertiary/aromatic N) is 2. The Morgan fingerprint density at radius 2 is 1.00 bits per heavy atom. The first-order valence-electron chi connectivity index (χ1n) is 12.7. The summed E-state index contributed by atoms with van der Waals surface area (Å²) in [6, 6.07) is 12.0. The number of hydrogen-bond acceptors (Lipinski definition) is 6. The van der Waals surface area contributed by atoms with Crippen molar-refractivity contribution in [3.8, 4) is 0 Å². The maximum atomic E-state index is 13.2. The van der Waals surface area contributed by atoms with E-state index < -0.39 is 0 Å². The van der Waals surface area contributed by atoms with Crippen LogP contribution in [0.2, 0.25) is 0 Å². The fourth-order valence-electron chi connectivity index (χ4n) is 4.46. The van der Waals surface area contributed by atoms with E-state index in [1.54, 1.807) is 24.3 Å². The first-order valence-corrected chi connectivity index (χ1v) is 12.7. The maximum Gasteiger partial charge on any atom is 0.313 e. The van der Waals surface area contributed by atoms with Crippen LogP contribution in [0.15, 0.2) is 48.5 Å². The summed E-state index contributed by atoms with van der Waals surface area (Å²) in [4.78, 5) is 29.5. The predicted octanol–water partition coefficient (Wildman–Crippen LogP) is 5.20. The molecule has 0 bridgehead atoms. The first kappa shape index (κ1) is 33.8. The molecule has 1 saturated heterocycles. The molecule has 0 N–H and O–H groups in total. The van der Waals surface area contributed by atoms with Crippen molar-refractivity contribution in [1.29, 1.82) is 0 Å². The molecule has 0 saturated carbocycles. The monoisotopic (exact) mass is 574 g/mol. The van der Waals surface area contributed by atoms with Gasteiger partial charge in [-0.05, 0) is 48.2 Å². The number of hydrogen-bond donors (Lipinski definition) is 0. The Morgan fingerprint density at radius 3 is 1.29 bits per heavy atom. The number of carbonyl (C=O) groups excluding carboxylic acids is 2. The van der Waals surface area contributed by atoms with E-state index >= 15 is 0 Å². The van der Waals surface area contributed by atoms with E-state index in [-0.39, 0.29) is 60.2 Å². The summed E-state index contributed by atoms with van der Waals surface area (Å²) in [6.45, 7) is 9.14. The van der Waals surface area contributed by atoms with Crippen LogP contribution >= 0.6 is 24.8 Å². The second-order valence-electron chi connectivity index (χ2n) is 9.04. The Kier molecular flexibility index (Phi) is 15.4. The summed E-state index contributed by atoms with van der Waals surface area (Å²) >= 11 is 0. The SMILES string of the molecule is CCC(C(=O)OCCN1CCN(CCOC(=O)C(CC)c2ccc(F)cc2)CC1)c1ccc(F)cc1.Cl.Cl. The van der Waals surface area contributed by atoms with Crippen LogP contribution in [0.25, 0.3) is 0 Å². The molecule has 1 aliphatic rings. The molecule has 0 radical (unpaired) electrons. The zero-order valence-corrected chi connectivity index (χ0v) is 23.6. The van der Waals surface area contributed by atoms with Gasteiger partial charge in [0.15, 0.2) is 0 Å². The van der Waals surface area contributed by atoms with Crippen molar-refractivity contribution in [1.82, 2.24) is 9.80 Å². The molecule has 212 valence electrons. The number of rotatable bonds is 12. The molecule has 0 aliphatic carbocycles. The molecule has 10 heteroatoms. The van der Waals surface area contributed by atoms with Gasteiger partial charge in [0, 0.05) is 39.3 Å². The number of halogens is 4. The molecule has 2 unspecified atom stereocenters. The standard InChI is InChI=1S/C28H36F2N2O4.2ClH/c1-3-25(21-5-9-23(29)10-6-21)27(33)35-19-17-31-13-15-32(16-14-31)18-20-36-28(34)26(4-2)22-7-11-24(30)12-8-22;;/h5-12,25-26H,3-4,13-20H2,1-2H3;2*1H. The van der Waals surface area contributed by atoms with Gasteiger partial charge in [-0.15, -0.1) is 24.8 Å². The number of esters is 2. The Bertz CT molecular complexity index is 892. The van der Waals surface area contributed by atoms with Gasteiger partial charge < -0.3 is 9.47 Å². The second-order valence-corrected chi connectivity index (χ2v) is 9.04. The van der Waals surface area contributed by atoms with Gasteiger partial charge in [0.05, 0.1) is 11.8 Å². The fraction of sp³-hybridized carbons (Fsp3) is 0.500. The molecule has 0 aromatic heterocycles. The van der Waals surface area contributed by atoms with Gasteiger partial charge in [0.1, 0.15) is 24.8 Å². The van der Waals surface area contributed by atoms with Crippen LogP contribution in [0.3, 0.4) is 0 Å². The molecular weight excluding hydrogens is 537 g/mol. The van der Waals surface area contributed by atoms with Crippen molar-refractivity contribution in [2.75, 3.05) is 52.5 Å². The van der Waals surface area contributed by atoms with Crippen LogP contribution < -0.4 is 0 Å². The van der Waals surface area contributed by atoms with E-state index in [0.29, 0.717) is 39.1 Å². The summed E-state index contributed by atoms with van der Waals surface area (Å²) < 4.78 is 37.3. The second kappa shape index (κ2) is 17.4. The number of ether oxygens (including phenoxy) is 2. The minimum absolute atomic E-state index is 0. The van der Waals surface area contributed by atoms with E-state index in [4.69, 9.17) is 9.47 Å². The van der Waals surface area contributed by atoms with Crippen molar-refractivity contribution >= 4 is 36.8 Å². The summed E-state index contributed by atoms with van der Waals surface area (Å²) in [6.07, 6.45) is 1.19. The normalized spacial score (nSPS) is 15.5. The lowest BCUT2D eigenvalue weighted by atomic mass is 9.97. The van der Waals surface area contributed by atoms with Crippen LogP contribution in [0.5, 0.6) is 0 Å². The van der Waals surface area contributed by atoms with Gasteiger partial charge in [0.25, 0.3) is 0 Å². The molecule has 0 amide bonds. The lowest BCUT2D eigenvalue weighted by Gasteiger charge is -2.34. The van der Waals surface area contributed by atoms with Crippen molar-refractivity contribution in [2.24, 2.45) is 0 Å². The molecule has 2 aromatic rings. The highest BCUT2D eigenvalue weighted by Gasteiger charge is 2.23. The highest BCUT2D eigenvalue weighted by atomic mass is 35.5. The first-order chi connectivity index (χ1) is 17.4. The van der Waals surface area contributed by atoms with E-state index in [1.807, 2.05) is 13.8 Å². The minimum atomic E-state index is -0.388. The summed E-state index contributed by atoms with van der Waals surface area (Å²) in [5.74, 6) is -1.99. The molecule has 2 aromatic carbocycles. The van der Waals surface area contributed by atoms with Crippen LogP contribution in [0.1, 0.15) is 49.7 Å². The van der Waals surface area contributed by atoms with E-state index in [0.717, 1.165) is 37.3 Å². The molecule has 3 rings (SSSR count). The van der Waals surface area contributed by atoms with Crippen molar-refractivity contribution in [2.45, 2.75) is 38.5 Å². The Labute approximate surface area is 236 Å². The van der Waals surface area contributed by atoms with Gasteiger partial charge >= 0.3 is 11.9 Å². The largest absolute Gasteiger partial charge is 0.464 e. The van der Waals surface area contributed by atoms with Gasteiger partial charge in [-0.1, -0.05) is 38.1 Å². The van der Waals surface area contributed by atoms with Crippen LogP contribution in [0, 0.1) is 11.6 Å². The van der Waals surface area contributed by atoms with Crippen LogP contribution in [-0.4, -0.2) is 74.2 Å². The van der Waals surface area contributed by atoms with Crippen LogP contribution in [-0.2, 0) is 19.1 Å².